The smallest absolute Gasteiger partial charge is 0.119 e. The standard InChI is InChI=1S/C26H38N4O/c1-27(2)18-19-31-26-12-6-8-23(20-26)21-28-13-7-11-25(22-28)30-16-14-29(15-17-30)24-9-4-3-5-10-24/h3-6,8-10,12,20,25H,7,11,13-19,21-22H2,1-2H3/t25-/m1/s1. The van der Waals surface area contributed by atoms with Crippen LogP contribution in [0.1, 0.15) is 18.4 Å². The van der Waals surface area contributed by atoms with Crippen molar-refractivity contribution in [3.63, 3.8) is 0 Å². The third-order valence-corrected chi connectivity index (χ3v) is 6.54. The number of hydrogen-bond donors (Lipinski definition) is 0. The van der Waals surface area contributed by atoms with Crippen LogP contribution in [-0.4, -0.2) is 87.3 Å². The molecule has 2 aromatic rings. The summed E-state index contributed by atoms with van der Waals surface area (Å²) < 4.78 is 5.94. The average Bonchev–Trinajstić information content (AvgIpc) is 2.80. The van der Waals surface area contributed by atoms with Crippen LogP contribution in [0.15, 0.2) is 54.6 Å². The molecule has 5 heteroatoms. The largest absolute Gasteiger partial charge is 0.492 e. The molecule has 0 spiro atoms. The molecule has 5 nitrogen and oxygen atoms in total. The van der Waals surface area contributed by atoms with Crippen LogP contribution in [0.25, 0.3) is 0 Å². The van der Waals surface area contributed by atoms with Gasteiger partial charge < -0.3 is 14.5 Å². The van der Waals surface area contributed by atoms with Crippen molar-refractivity contribution in [2.24, 2.45) is 0 Å². The number of piperidine rings is 1. The van der Waals surface area contributed by atoms with Crippen LogP contribution < -0.4 is 9.64 Å². The van der Waals surface area contributed by atoms with E-state index in [1.807, 2.05) is 0 Å². The van der Waals surface area contributed by atoms with E-state index >= 15 is 0 Å². The maximum atomic E-state index is 5.94. The minimum absolute atomic E-state index is 0.686. The zero-order chi connectivity index (χ0) is 21.5. The van der Waals surface area contributed by atoms with Crippen LogP contribution in [0.3, 0.4) is 0 Å². The molecule has 1 atom stereocenters. The predicted octanol–water partition coefficient (Wildman–Crippen LogP) is 3.41. The summed E-state index contributed by atoms with van der Waals surface area (Å²) in [5, 5.41) is 0. The van der Waals surface area contributed by atoms with E-state index in [4.69, 9.17) is 4.74 Å². The molecule has 2 aromatic carbocycles. The number of likely N-dealkylation sites (N-methyl/N-ethyl adjacent to an activating group) is 1. The van der Waals surface area contributed by atoms with Gasteiger partial charge in [-0.1, -0.05) is 30.3 Å². The third-order valence-electron chi connectivity index (χ3n) is 6.54. The zero-order valence-corrected chi connectivity index (χ0v) is 19.2. The van der Waals surface area contributed by atoms with Crippen molar-refractivity contribution < 1.29 is 4.74 Å². The van der Waals surface area contributed by atoms with E-state index in [-0.39, 0.29) is 0 Å². The summed E-state index contributed by atoms with van der Waals surface area (Å²) in [5.74, 6) is 0.991. The predicted molar refractivity (Wildman–Crippen MR) is 129 cm³/mol. The lowest BCUT2D eigenvalue weighted by Crippen LogP contribution is -2.55. The Morgan fingerprint density at radius 3 is 2.52 bits per heavy atom. The van der Waals surface area contributed by atoms with Gasteiger partial charge in [-0.15, -0.1) is 0 Å². The van der Waals surface area contributed by atoms with Crippen molar-refractivity contribution in [1.82, 2.24) is 14.7 Å². The van der Waals surface area contributed by atoms with Crippen molar-refractivity contribution in [3.8, 4) is 5.75 Å². The van der Waals surface area contributed by atoms with Crippen LogP contribution in [0, 0.1) is 0 Å². The van der Waals surface area contributed by atoms with Gasteiger partial charge in [-0.3, -0.25) is 9.80 Å². The van der Waals surface area contributed by atoms with E-state index in [9.17, 15) is 0 Å². The molecule has 2 saturated heterocycles. The van der Waals surface area contributed by atoms with Gasteiger partial charge in [0.05, 0.1) is 0 Å². The second-order valence-corrected chi connectivity index (χ2v) is 9.19. The lowest BCUT2D eigenvalue weighted by atomic mass is 10.0. The second kappa shape index (κ2) is 11.0. The van der Waals surface area contributed by atoms with Gasteiger partial charge in [-0.05, 0) is 63.3 Å². The summed E-state index contributed by atoms with van der Waals surface area (Å²) in [6.45, 7) is 9.67. The van der Waals surface area contributed by atoms with Crippen LogP contribution in [0.4, 0.5) is 5.69 Å². The van der Waals surface area contributed by atoms with Crippen molar-refractivity contribution in [2.75, 3.05) is 71.4 Å². The molecule has 2 fully saturated rings. The van der Waals surface area contributed by atoms with Gasteiger partial charge in [0, 0.05) is 57.5 Å². The summed E-state index contributed by atoms with van der Waals surface area (Å²) in [5.41, 5.74) is 2.72. The fourth-order valence-electron chi connectivity index (χ4n) is 4.79. The minimum atomic E-state index is 0.686. The zero-order valence-electron chi connectivity index (χ0n) is 19.2. The number of piperazine rings is 1. The number of para-hydroxylation sites is 1. The monoisotopic (exact) mass is 422 g/mol. The van der Waals surface area contributed by atoms with E-state index in [0.717, 1.165) is 38.5 Å². The lowest BCUT2D eigenvalue weighted by Gasteiger charge is -2.44. The van der Waals surface area contributed by atoms with E-state index < -0.39 is 0 Å². The summed E-state index contributed by atoms with van der Waals surface area (Å²) >= 11 is 0. The topological polar surface area (TPSA) is 22.2 Å². The van der Waals surface area contributed by atoms with Gasteiger partial charge in [-0.25, -0.2) is 0 Å². The second-order valence-electron chi connectivity index (χ2n) is 9.19. The van der Waals surface area contributed by atoms with Crippen LogP contribution in [0.2, 0.25) is 0 Å². The molecule has 0 amide bonds. The molecule has 2 aliphatic heterocycles. The molecular formula is C26H38N4O. The van der Waals surface area contributed by atoms with Crippen LogP contribution >= 0.6 is 0 Å². The van der Waals surface area contributed by atoms with Gasteiger partial charge in [0.15, 0.2) is 0 Å². The highest BCUT2D eigenvalue weighted by Gasteiger charge is 2.28. The van der Waals surface area contributed by atoms with E-state index in [0.29, 0.717) is 6.04 Å². The van der Waals surface area contributed by atoms with E-state index in [1.54, 1.807) is 0 Å². The fraction of sp³-hybridized carbons (Fsp3) is 0.538. The summed E-state index contributed by atoms with van der Waals surface area (Å²) in [6, 6.07) is 20.2. The minimum Gasteiger partial charge on any atom is -0.492 e. The SMILES string of the molecule is CN(C)CCOc1cccc(CN2CCC[C@@H](N3CCN(c4ccccc4)CC3)C2)c1. The highest BCUT2D eigenvalue weighted by molar-refractivity contribution is 5.46. The Labute approximate surface area is 188 Å². The Kier molecular flexibility index (Phi) is 7.84. The van der Waals surface area contributed by atoms with E-state index in [1.165, 1.54) is 50.3 Å². The molecule has 0 bridgehead atoms. The molecule has 168 valence electrons. The maximum absolute atomic E-state index is 5.94. The van der Waals surface area contributed by atoms with Gasteiger partial charge in [-0.2, -0.15) is 0 Å². The van der Waals surface area contributed by atoms with Crippen molar-refractivity contribution >= 4 is 5.69 Å². The first-order valence-corrected chi connectivity index (χ1v) is 11.8. The molecule has 0 radical (unpaired) electrons. The number of hydrogen-bond acceptors (Lipinski definition) is 5. The Bertz CT molecular complexity index is 789. The Balaban J connectivity index is 1.26. The molecule has 0 unspecified atom stereocenters. The molecule has 0 saturated carbocycles. The Morgan fingerprint density at radius 2 is 1.74 bits per heavy atom. The number of benzene rings is 2. The molecule has 2 aliphatic rings. The molecule has 0 aliphatic carbocycles. The van der Waals surface area contributed by atoms with Gasteiger partial charge >= 0.3 is 0 Å². The summed E-state index contributed by atoms with van der Waals surface area (Å²) in [4.78, 5) is 10.0. The summed E-state index contributed by atoms with van der Waals surface area (Å²) in [6.07, 6.45) is 2.62. The average molecular weight is 423 g/mol. The molecule has 2 heterocycles. The lowest BCUT2D eigenvalue weighted by molar-refractivity contribution is 0.0887. The normalized spacial score (nSPS) is 20.9. The molecule has 31 heavy (non-hydrogen) atoms. The van der Waals surface area contributed by atoms with Gasteiger partial charge in [0.25, 0.3) is 0 Å². The quantitative estimate of drug-likeness (QED) is 0.648. The maximum Gasteiger partial charge on any atom is 0.119 e. The first kappa shape index (κ1) is 22.1. The van der Waals surface area contributed by atoms with Crippen molar-refractivity contribution in [1.29, 1.82) is 0 Å². The number of likely N-dealkylation sites (tertiary alicyclic amines) is 1. The molecule has 0 N–H and O–H groups in total. The molecular weight excluding hydrogens is 384 g/mol. The van der Waals surface area contributed by atoms with Crippen molar-refractivity contribution in [3.05, 3.63) is 60.2 Å². The number of ether oxygens (including phenoxy) is 1. The molecule has 0 aromatic heterocycles. The third kappa shape index (κ3) is 6.45. The highest BCUT2D eigenvalue weighted by Crippen LogP contribution is 2.23. The number of anilines is 1. The highest BCUT2D eigenvalue weighted by atomic mass is 16.5. The van der Waals surface area contributed by atoms with Gasteiger partial charge in [0.2, 0.25) is 0 Å². The first-order chi connectivity index (χ1) is 15.2. The van der Waals surface area contributed by atoms with Gasteiger partial charge in [0.1, 0.15) is 12.4 Å². The Hall–Kier alpha value is -2.08. The Morgan fingerprint density at radius 1 is 0.935 bits per heavy atom. The summed E-state index contributed by atoms with van der Waals surface area (Å²) in [7, 11) is 4.15. The van der Waals surface area contributed by atoms with Crippen LogP contribution in [-0.2, 0) is 6.54 Å². The number of nitrogens with zero attached hydrogens (tertiary/aromatic N) is 4. The van der Waals surface area contributed by atoms with E-state index in [2.05, 4.69) is 88.3 Å². The van der Waals surface area contributed by atoms with Crippen LogP contribution in [0.5, 0.6) is 5.75 Å². The molecule has 4 rings (SSSR count). The number of rotatable bonds is 8. The first-order valence-electron chi connectivity index (χ1n) is 11.8. The van der Waals surface area contributed by atoms with Crippen molar-refractivity contribution in [2.45, 2.75) is 25.4 Å². The fourth-order valence-corrected chi connectivity index (χ4v) is 4.79.